The van der Waals surface area contributed by atoms with E-state index in [-0.39, 0.29) is 0 Å². The number of hydrogen-bond acceptors (Lipinski definition) is 1. The fourth-order valence-electron chi connectivity index (χ4n) is 1.22. The smallest absolute Gasteiger partial charge is 0.460 e. The Labute approximate surface area is 116 Å². The van der Waals surface area contributed by atoms with Gasteiger partial charge in [0.25, 0.3) is 0 Å². The zero-order valence-electron chi connectivity index (χ0n) is 10.5. The van der Waals surface area contributed by atoms with Crippen molar-refractivity contribution >= 4 is 0 Å². The topological polar surface area (TPSA) is 9.23 Å². The molecule has 0 saturated heterocycles. The van der Waals surface area contributed by atoms with Gasteiger partial charge in [0.1, 0.15) is 0 Å². The van der Waals surface area contributed by atoms with Crippen LogP contribution < -0.4 is 0 Å². The molecule has 0 rings (SSSR count). The molecule has 0 N–H and O–H groups in total. The number of halogens is 11. The minimum absolute atomic E-state index is 0.697. The van der Waals surface area contributed by atoms with Crippen molar-refractivity contribution < 1.29 is 53.0 Å². The van der Waals surface area contributed by atoms with Gasteiger partial charge in [-0.25, -0.2) is 0 Å². The van der Waals surface area contributed by atoms with Crippen LogP contribution in [0.15, 0.2) is 12.8 Å². The Morgan fingerprint density at radius 1 is 0.727 bits per heavy atom. The second-order valence-corrected chi connectivity index (χ2v) is 4.07. The van der Waals surface area contributed by atoms with Crippen LogP contribution in [0.25, 0.3) is 0 Å². The number of alkyl halides is 11. The van der Waals surface area contributed by atoms with Gasteiger partial charge in [0.05, 0.1) is 12.9 Å². The highest BCUT2D eigenvalue weighted by molar-refractivity contribution is 5.06. The zero-order valence-corrected chi connectivity index (χ0v) is 10.5. The van der Waals surface area contributed by atoms with Crippen molar-refractivity contribution in [2.75, 3.05) is 6.61 Å². The van der Waals surface area contributed by atoms with Crippen molar-refractivity contribution in [3.63, 3.8) is 0 Å². The first kappa shape index (κ1) is 20.8. The van der Waals surface area contributed by atoms with Gasteiger partial charge in [-0.15, -0.1) is 0 Å². The summed E-state index contributed by atoms with van der Waals surface area (Å²) in [6.07, 6.45) is -9.55. The van der Waals surface area contributed by atoms with Crippen molar-refractivity contribution in [3.8, 4) is 0 Å². The molecule has 0 radical (unpaired) electrons. The highest BCUT2D eigenvalue weighted by atomic mass is 19.4. The molecule has 0 atom stereocenters. The van der Waals surface area contributed by atoms with E-state index in [9.17, 15) is 48.3 Å². The largest absolute Gasteiger partial charge is 0.502 e. The molecule has 0 amide bonds. The van der Waals surface area contributed by atoms with Crippen molar-refractivity contribution in [2.24, 2.45) is 0 Å². The van der Waals surface area contributed by atoms with Crippen LogP contribution in [0.5, 0.6) is 0 Å². The van der Waals surface area contributed by atoms with Gasteiger partial charge < -0.3 is 4.74 Å². The Morgan fingerprint density at radius 3 is 1.55 bits per heavy atom. The monoisotopic (exact) mass is 354 g/mol. The average Bonchev–Trinajstić information content (AvgIpc) is 2.32. The lowest BCUT2D eigenvalue weighted by atomic mass is 9.95. The maximum absolute atomic E-state index is 13.0. The van der Waals surface area contributed by atoms with Crippen LogP contribution in [-0.4, -0.2) is 36.5 Å². The van der Waals surface area contributed by atoms with Crippen LogP contribution in [0.1, 0.15) is 12.8 Å². The van der Waals surface area contributed by atoms with Gasteiger partial charge in [-0.2, -0.15) is 48.3 Å². The van der Waals surface area contributed by atoms with Crippen LogP contribution in [0.4, 0.5) is 48.3 Å². The van der Waals surface area contributed by atoms with E-state index in [1.54, 1.807) is 0 Å². The van der Waals surface area contributed by atoms with Gasteiger partial charge in [-0.3, -0.25) is 0 Å². The lowest BCUT2D eigenvalue weighted by Gasteiger charge is -2.37. The first-order valence-electron chi connectivity index (χ1n) is 5.36. The second-order valence-electron chi connectivity index (χ2n) is 4.07. The molecule has 0 bridgehead atoms. The molecule has 0 heterocycles. The van der Waals surface area contributed by atoms with E-state index in [1.807, 2.05) is 0 Å². The molecule has 0 aromatic heterocycles. The van der Waals surface area contributed by atoms with Crippen molar-refractivity contribution in [2.45, 2.75) is 42.7 Å². The first-order chi connectivity index (χ1) is 9.56. The summed E-state index contributed by atoms with van der Waals surface area (Å²) >= 11 is 0. The normalized spacial score (nSPS) is 14.9. The minimum Gasteiger partial charge on any atom is -0.502 e. The molecule has 0 saturated carbocycles. The predicted octanol–water partition coefficient (Wildman–Crippen LogP) is 5.03. The highest BCUT2D eigenvalue weighted by Crippen LogP contribution is 2.58. The van der Waals surface area contributed by atoms with E-state index in [0.29, 0.717) is 6.26 Å². The van der Waals surface area contributed by atoms with E-state index in [4.69, 9.17) is 0 Å². The zero-order chi connectivity index (χ0) is 18.0. The van der Waals surface area contributed by atoms with Crippen LogP contribution >= 0.6 is 0 Å². The molecule has 0 fully saturated rings. The van der Waals surface area contributed by atoms with Gasteiger partial charge in [-0.1, -0.05) is 6.58 Å². The lowest BCUT2D eigenvalue weighted by Crippen LogP contribution is -2.66. The van der Waals surface area contributed by atoms with Crippen LogP contribution in [0.3, 0.4) is 0 Å². The summed E-state index contributed by atoms with van der Waals surface area (Å²) in [7, 11) is 0. The molecule has 0 aliphatic carbocycles. The molecule has 0 aromatic rings. The highest BCUT2D eigenvalue weighted by Gasteiger charge is 2.86. The molecular formula is C10H9F11O. The third kappa shape index (κ3) is 3.40. The Kier molecular flexibility index (Phi) is 5.77. The van der Waals surface area contributed by atoms with Crippen molar-refractivity contribution in [1.82, 2.24) is 0 Å². The summed E-state index contributed by atoms with van der Waals surface area (Å²) in [5.41, 5.74) is 0. The molecule has 0 unspecified atom stereocenters. The summed E-state index contributed by atoms with van der Waals surface area (Å²) < 4.78 is 142. The number of hydrogen-bond donors (Lipinski definition) is 0. The van der Waals surface area contributed by atoms with Gasteiger partial charge >= 0.3 is 29.9 Å². The van der Waals surface area contributed by atoms with Crippen LogP contribution in [0.2, 0.25) is 0 Å². The first-order valence-corrected chi connectivity index (χ1v) is 5.36. The van der Waals surface area contributed by atoms with E-state index >= 15 is 0 Å². The number of ether oxygens (including phenoxy) is 1. The van der Waals surface area contributed by atoms with Crippen molar-refractivity contribution in [1.29, 1.82) is 0 Å². The summed E-state index contributed by atoms with van der Waals surface area (Å²) in [6, 6.07) is 0. The van der Waals surface area contributed by atoms with E-state index in [2.05, 4.69) is 11.3 Å². The Bertz CT molecular complexity index is 385. The van der Waals surface area contributed by atoms with E-state index in [0.717, 1.165) is 0 Å². The Balaban J connectivity index is 5.45. The van der Waals surface area contributed by atoms with Gasteiger partial charge in [-0.05, 0) is 6.42 Å². The summed E-state index contributed by atoms with van der Waals surface area (Å²) in [5, 5.41) is 0. The molecule has 0 aliphatic heterocycles. The summed E-state index contributed by atoms with van der Waals surface area (Å²) in [5.74, 6) is -27.4. The lowest BCUT2D eigenvalue weighted by molar-refractivity contribution is -0.422. The molecule has 22 heavy (non-hydrogen) atoms. The molecule has 0 aliphatic rings. The molecular weight excluding hydrogens is 345 g/mol. The van der Waals surface area contributed by atoms with Gasteiger partial charge in [0.2, 0.25) is 0 Å². The summed E-state index contributed by atoms with van der Waals surface area (Å²) in [4.78, 5) is 0. The predicted molar refractivity (Wildman–Crippen MR) is 51.2 cm³/mol. The maximum atomic E-state index is 13.0. The third-order valence-corrected chi connectivity index (χ3v) is 2.47. The van der Waals surface area contributed by atoms with E-state index in [1.165, 1.54) is 0 Å². The molecule has 0 aromatic carbocycles. The van der Waals surface area contributed by atoms with Crippen LogP contribution in [0, 0.1) is 0 Å². The van der Waals surface area contributed by atoms with Crippen LogP contribution in [-0.2, 0) is 4.74 Å². The van der Waals surface area contributed by atoms with E-state index < -0.39 is 49.3 Å². The van der Waals surface area contributed by atoms with Gasteiger partial charge in [0.15, 0.2) is 0 Å². The second kappa shape index (κ2) is 6.11. The molecule has 132 valence electrons. The third-order valence-electron chi connectivity index (χ3n) is 2.47. The molecule has 12 heteroatoms. The van der Waals surface area contributed by atoms with Gasteiger partial charge in [0, 0.05) is 6.42 Å². The standard InChI is InChI=1S/C10H9F11O/c1-2-22-5-3-4-6(11,12)7(13,14)8(15,16)9(17,18)10(19,20)21/h2H,1,3-5H2. The average molecular weight is 354 g/mol. The Hall–Kier alpha value is -1.23. The van der Waals surface area contributed by atoms with Crippen molar-refractivity contribution in [3.05, 3.63) is 12.8 Å². The summed E-state index contributed by atoms with van der Waals surface area (Å²) in [6.45, 7) is 2.24. The Morgan fingerprint density at radius 2 is 1.18 bits per heavy atom. The minimum atomic E-state index is -7.35. The molecule has 0 spiro atoms. The SMILES string of the molecule is C=COCCCC(F)(F)C(F)(F)C(F)(F)C(F)(F)C(F)(F)F. The molecule has 1 nitrogen and oxygen atoms in total. The quantitative estimate of drug-likeness (QED) is 0.338. The number of rotatable bonds is 8. The fraction of sp³-hybridized carbons (Fsp3) is 0.800. The fourth-order valence-corrected chi connectivity index (χ4v) is 1.22. The maximum Gasteiger partial charge on any atom is 0.460 e.